The molecule has 11 aliphatic rings. The summed E-state index contributed by atoms with van der Waals surface area (Å²) in [5, 5.41) is 142. The molecule has 7 heterocycles. The molecule has 0 aromatic carbocycles. The van der Waals surface area contributed by atoms with E-state index >= 15 is 0 Å². The average molecular weight is 1170 g/mol. The summed E-state index contributed by atoms with van der Waals surface area (Å²) in [7, 11) is 0. The van der Waals surface area contributed by atoms with Gasteiger partial charge in [-0.15, -0.1) is 0 Å². The molecular formula is C55H88O26. The molecule has 35 atom stereocenters. The normalized spacial score (nSPS) is 57.6. The van der Waals surface area contributed by atoms with E-state index in [0.717, 1.165) is 44.9 Å². The molecule has 0 aromatic rings. The highest BCUT2D eigenvalue weighted by atomic mass is 16.8. The van der Waals surface area contributed by atoms with Gasteiger partial charge in [0.25, 0.3) is 0 Å². The summed E-state index contributed by atoms with van der Waals surface area (Å²) in [6.45, 7) is 8.40. The van der Waals surface area contributed by atoms with Crippen LogP contribution in [-0.4, -0.2) is 265 Å². The second kappa shape index (κ2) is 23.6. The highest BCUT2D eigenvalue weighted by molar-refractivity contribution is 5.84. The molecule has 11 fully saturated rings. The molecule has 0 aromatic heterocycles. The first-order valence-electron chi connectivity index (χ1n) is 29.4. The molecule has 26 heteroatoms. The van der Waals surface area contributed by atoms with Crippen LogP contribution < -0.4 is 0 Å². The molecular weight excluding hydrogens is 1080 g/mol. The maximum absolute atomic E-state index is 14.8. The molecule has 0 radical (unpaired) electrons. The fourth-order valence-electron chi connectivity index (χ4n) is 16.8. The number of Topliss-reactive ketones (excluding diaryl/α,β-unsaturated/α-hetero) is 1. The third-order valence-electron chi connectivity index (χ3n) is 21.5. The molecule has 0 bridgehead atoms. The second-order valence-corrected chi connectivity index (χ2v) is 26.2. The van der Waals surface area contributed by atoms with Crippen LogP contribution in [0, 0.1) is 52.3 Å². The zero-order valence-corrected chi connectivity index (χ0v) is 46.5. The number of rotatable bonds is 12. The molecule has 1 spiro atoms. The first kappa shape index (κ1) is 61.3. The summed E-state index contributed by atoms with van der Waals surface area (Å²) in [5.41, 5.74) is -0.302. The first-order chi connectivity index (χ1) is 38.4. The van der Waals surface area contributed by atoms with E-state index in [1.54, 1.807) is 0 Å². The minimum atomic E-state index is -2.02. The average Bonchev–Trinajstić information content (AvgIpc) is 3.76. The van der Waals surface area contributed by atoms with Crippen molar-refractivity contribution < 1.29 is 128 Å². The van der Waals surface area contributed by atoms with Crippen molar-refractivity contribution >= 4 is 5.78 Å². The fraction of sp³-hybridized carbons (Fsp3) is 0.982. The van der Waals surface area contributed by atoms with Crippen molar-refractivity contribution in [2.75, 3.05) is 33.0 Å². The quantitative estimate of drug-likeness (QED) is 0.0840. The van der Waals surface area contributed by atoms with E-state index in [9.17, 15) is 71.2 Å². The van der Waals surface area contributed by atoms with Crippen molar-refractivity contribution in [1.82, 2.24) is 0 Å². The number of ether oxygens (including phenoxy) is 12. The maximum Gasteiger partial charge on any atom is 0.187 e. The van der Waals surface area contributed by atoms with Crippen molar-refractivity contribution in [3.63, 3.8) is 0 Å². The molecule has 4 aliphatic carbocycles. The van der Waals surface area contributed by atoms with E-state index in [1.165, 1.54) is 6.92 Å². The fourth-order valence-corrected chi connectivity index (χ4v) is 16.8. The zero-order chi connectivity index (χ0) is 57.9. The Morgan fingerprint density at radius 3 is 1.78 bits per heavy atom. The number of aliphatic hydroxyl groups is 13. The third kappa shape index (κ3) is 10.7. The predicted molar refractivity (Wildman–Crippen MR) is 268 cm³/mol. The third-order valence-corrected chi connectivity index (χ3v) is 21.5. The molecule has 0 amide bonds. The van der Waals surface area contributed by atoms with E-state index in [4.69, 9.17) is 56.8 Å². The van der Waals surface area contributed by atoms with Crippen LogP contribution in [0.2, 0.25) is 0 Å². The van der Waals surface area contributed by atoms with Gasteiger partial charge in [-0.1, -0.05) is 27.7 Å². The molecule has 81 heavy (non-hydrogen) atoms. The van der Waals surface area contributed by atoms with Crippen molar-refractivity contribution in [3.8, 4) is 0 Å². The summed E-state index contributed by atoms with van der Waals surface area (Å²) >= 11 is 0. The van der Waals surface area contributed by atoms with Gasteiger partial charge in [-0.05, 0) is 98.2 Å². The highest BCUT2D eigenvalue weighted by Gasteiger charge is 2.70. The van der Waals surface area contributed by atoms with E-state index in [0.29, 0.717) is 36.7 Å². The minimum absolute atomic E-state index is 0.0382. The largest absolute Gasteiger partial charge is 0.394 e. The molecule has 4 saturated carbocycles. The van der Waals surface area contributed by atoms with Gasteiger partial charge in [0.2, 0.25) is 0 Å². The number of aliphatic hydroxyl groups excluding tert-OH is 13. The minimum Gasteiger partial charge on any atom is -0.394 e. The van der Waals surface area contributed by atoms with E-state index < -0.39 is 180 Å². The van der Waals surface area contributed by atoms with Gasteiger partial charge in [0.15, 0.2) is 43.0 Å². The van der Waals surface area contributed by atoms with Gasteiger partial charge >= 0.3 is 0 Å². The lowest BCUT2D eigenvalue weighted by Crippen LogP contribution is -2.69. The van der Waals surface area contributed by atoms with Gasteiger partial charge in [-0.25, -0.2) is 0 Å². The Bertz CT molecular complexity index is 2160. The SMILES string of the molecule is CC1C2C(C[C@H]3[C@@H]4CC[C@H]5CC(O[C@@H]6O[C@H](CO)[C@H](O[C@@H]7O[C@H](CO)[C@@H](O)[C@H](O[C@@H]8OC[C@@H](O)[C@H](O)[C@H]8O)[C@H]7O[C@@H]7OC[C@H](O)[C@H](O)[C@H]7O)[C@H](O)[C@H]6O[C@@H]6O[C@@H](C)[C@H](O)[C@@H](O)[C@H]6O)C(=O)C[C@]5(C)[C@H]4CC[C@]23C)O[C@]12CC[C@H](C)CO2. The van der Waals surface area contributed by atoms with Crippen molar-refractivity contribution in [2.24, 2.45) is 52.3 Å². The Balaban J connectivity index is 0.842. The number of hydrogen-bond acceptors (Lipinski definition) is 26. The van der Waals surface area contributed by atoms with Crippen molar-refractivity contribution in [1.29, 1.82) is 0 Å². The molecule has 7 aliphatic heterocycles. The molecule has 4 unspecified atom stereocenters. The highest BCUT2D eigenvalue weighted by Crippen LogP contribution is 2.71. The maximum atomic E-state index is 14.8. The van der Waals surface area contributed by atoms with Crippen LogP contribution in [0.15, 0.2) is 0 Å². The summed E-state index contributed by atoms with van der Waals surface area (Å²) in [6, 6.07) is 0. The second-order valence-electron chi connectivity index (χ2n) is 26.2. The van der Waals surface area contributed by atoms with Crippen LogP contribution in [0.5, 0.6) is 0 Å². The number of carbonyl (C=O) groups excluding carboxylic acids is 1. The van der Waals surface area contributed by atoms with Crippen LogP contribution in [0.3, 0.4) is 0 Å². The van der Waals surface area contributed by atoms with Gasteiger partial charge in [0.05, 0.1) is 45.2 Å². The molecule has 11 rings (SSSR count). The van der Waals surface area contributed by atoms with Crippen LogP contribution in [0.25, 0.3) is 0 Å². The van der Waals surface area contributed by atoms with Gasteiger partial charge < -0.3 is 123 Å². The zero-order valence-electron chi connectivity index (χ0n) is 46.5. The van der Waals surface area contributed by atoms with E-state index in [1.807, 2.05) is 0 Å². The predicted octanol–water partition coefficient (Wildman–Crippen LogP) is -3.60. The standard InChI is InChI=1S/C55H88O26/c1-20-8-11-55(72-17-20)21(2)34-31(81-55)13-26-24-7-6-23-12-30(27(58)14-54(23,5)25(24)9-10-53(26,34)4)74-51-46(79-50-42(68)39(65)35(61)22(3)73-50)43(69)44(33(16-57)76-51)77-52-47(80-49-41(67)37(63)29(60)19-71-49)45(38(64)32(15-56)75-52)78-48-40(66)36(62)28(59)18-70-48/h20-26,28-52,56-57,59-69H,6-19H2,1-5H3/t20-,21?,22-,23-,24+,25-,26-,28+,29-,30?,31?,32+,33+,34?,35-,36-,37-,38+,39+,40+,41+,42+,43-,44-,45-,46+,47+,48-,49-,50-,51+,52-,53-,54-,55+/m0/s1. The van der Waals surface area contributed by atoms with Gasteiger partial charge in [0.1, 0.15) is 110 Å². The summed E-state index contributed by atoms with van der Waals surface area (Å²) in [4.78, 5) is 14.8. The van der Waals surface area contributed by atoms with E-state index in [2.05, 4.69) is 27.7 Å². The molecule has 26 nitrogen and oxygen atoms in total. The number of fused-ring (bicyclic) bond motifs is 7. The number of hydrogen-bond donors (Lipinski definition) is 13. The monoisotopic (exact) mass is 1160 g/mol. The van der Waals surface area contributed by atoms with Crippen LogP contribution in [0.4, 0.5) is 0 Å². The molecule has 13 N–H and O–H groups in total. The van der Waals surface area contributed by atoms with Crippen LogP contribution >= 0.6 is 0 Å². The van der Waals surface area contributed by atoms with Gasteiger partial charge in [-0.2, -0.15) is 0 Å². The molecule has 7 saturated heterocycles. The molecule has 464 valence electrons. The van der Waals surface area contributed by atoms with Crippen LogP contribution in [0.1, 0.15) is 92.4 Å². The lowest BCUT2D eigenvalue weighted by atomic mass is 9.44. The topological polar surface area (TPSA) is 391 Å². The Hall–Kier alpha value is -1.33. The Labute approximate surface area is 469 Å². The lowest BCUT2D eigenvalue weighted by Gasteiger charge is -2.61. The van der Waals surface area contributed by atoms with Gasteiger partial charge in [-0.3, -0.25) is 4.79 Å². The van der Waals surface area contributed by atoms with Crippen molar-refractivity contribution in [2.45, 2.75) is 252 Å². The number of ketones is 1. The van der Waals surface area contributed by atoms with Crippen molar-refractivity contribution in [3.05, 3.63) is 0 Å². The summed E-state index contributed by atoms with van der Waals surface area (Å²) < 4.78 is 74.1. The smallest absolute Gasteiger partial charge is 0.187 e. The van der Waals surface area contributed by atoms with Crippen LogP contribution in [-0.2, 0) is 61.6 Å². The van der Waals surface area contributed by atoms with Gasteiger partial charge in [0, 0.05) is 18.8 Å². The Kier molecular flexibility index (Phi) is 17.9. The lowest BCUT2D eigenvalue weighted by molar-refractivity contribution is -0.407. The first-order valence-corrected chi connectivity index (χ1v) is 29.4. The Morgan fingerprint density at radius 2 is 1.14 bits per heavy atom. The van der Waals surface area contributed by atoms with E-state index in [-0.39, 0.29) is 46.9 Å². The Morgan fingerprint density at radius 1 is 0.531 bits per heavy atom. The number of carbonyl (C=O) groups is 1. The summed E-state index contributed by atoms with van der Waals surface area (Å²) in [6.07, 6.45) is -34.4. The summed E-state index contributed by atoms with van der Waals surface area (Å²) in [5.74, 6) is 1.52.